The maximum atomic E-state index is 4.87. The smallest absolute Gasteiger partial charge is 0.0995 e. The Balaban J connectivity index is 1.26. The molecule has 4 heterocycles. The van der Waals surface area contributed by atoms with Gasteiger partial charge < -0.3 is 0 Å². The first-order chi connectivity index (χ1) is 23.8. The molecule has 0 spiro atoms. The van der Waals surface area contributed by atoms with Crippen molar-refractivity contribution >= 4 is 44.2 Å². The second-order valence-electron chi connectivity index (χ2n) is 11.6. The molecule has 9 rings (SSSR count). The maximum Gasteiger partial charge on any atom is 0.0995 e. The lowest BCUT2D eigenvalue weighted by Crippen LogP contribution is -1.93. The molecule has 4 nitrogen and oxygen atoms in total. The van der Waals surface area contributed by atoms with Crippen LogP contribution in [0.25, 0.3) is 88.8 Å². The van der Waals surface area contributed by atoms with Crippen LogP contribution in [0.2, 0.25) is 0 Å². The number of benzene rings is 5. The van der Waals surface area contributed by atoms with E-state index < -0.39 is 0 Å². The van der Waals surface area contributed by atoms with Crippen LogP contribution < -0.4 is 0 Å². The predicted octanol–water partition coefficient (Wildman–Crippen LogP) is 11.7. The Kier molecular flexibility index (Phi) is 7.15. The van der Waals surface area contributed by atoms with E-state index in [2.05, 4.69) is 131 Å². The molecule has 6 heteroatoms. The van der Waals surface area contributed by atoms with Crippen LogP contribution in [0, 0.1) is 0 Å². The van der Waals surface area contributed by atoms with Gasteiger partial charge in [0.05, 0.1) is 33.8 Å². The second-order valence-corrected chi connectivity index (χ2v) is 13.0. The van der Waals surface area contributed by atoms with Gasteiger partial charge in [0.25, 0.3) is 0 Å². The molecular formula is C42H26N4S2. The molecule has 0 aliphatic carbocycles. The van der Waals surface area contributed by atoms with Crippen LogP contribution in [0.5, 0.6) is 0 Å². The Morgan fingerprint density at radius 3 is 1.31 bits per heavy atom. The third kappa shape index (κ3) is 5.08. The Bertz CT molecular complexity index is 2510. The topological polar surface area (TPSA) is 51.6 Å². The Morgan fingerprint density at radius 2 is 0.792 bits per heavy atom. The maximum absolute atomic E-state index is 4.87. The lowest BCUT2D eigenvalue weighted by Gasteiger charge is -2.18. The van der Waals surface area contributed by atoms with Gasteiger partial charge in [-0.15, -0.1) is 22.7 Å². The van der Waals surface area contributed by atoms with Crippen molar-refractivity contribution in [3.8, 4) is 67.3 Å². The number of aromatic nitrogens is 4. The van der Waals surface area contributed by atoms with Crippen LogP contribution in [0.4, 0.5) is 0 Å². The molecule has 0 saturated heterocycles. The monoisotopic (exact) mass is 650 g/mol. The van der Waals surface area contributed by atoms with Gasteiger partial charge in [0.1, 0.15) is 0 Å². The van der Waals surface area contributed by atoms with E-state index in [0.29, 0.717) is 0 Å². The molecule has 48 heavy (non-hydrogen) atoms. The highest BCUT2D eigenvalue weighted by Crippen LogP contribution is 2.45. The molecule has 0 bridgehead atoms. The Morgan fingerprint density at radius 1 is 0.333 bits per heavy atom. The van der Waals surface area contributed by atoms with E-state index >= 15 is 0 Å². The van der Waals surface area contributed by atoms with Gasteiger partial charge in [-0.1, -0.05) is 103 Å². The molecule has 5 aromatic carbocycles. The predicted molar refractivity (Wildman–Crippen MR) is 201 cm³/mol. The SMILES string of the molecule is c1ccc(-c2ccc(-c3ccc4c(-c5ccc(-c6cscn6)nc5)c5ccccc5c(-c5ccc(-c6cscn6)nc5)c4c3)cc2)cc1. The van der Waals surface area contributed by atoms with E-state index in [1.54, 1.807) is 22.7 Å². The number of pyridine rings is 2. The van der Waals surface area contributed by atoms with Crippen molar-refractivity contribution in [1.29, 1.82) is 0 Å². The minimum absolute atomic E-state index is 0.871. The zero-order valence-corrected chi connectivity index (χ0v) is 27.2. The summed E-state index contributed by atoms with van der Waals surface area (Å²) in [6.07, 6.45) is 3.97. The molecule has 9 aromatic rings. The van der Waals surface area contributed by atoms with Crippen molar-refractivity contribution in [2.24, 2.45) is 0 Å². The molecule has 0 atom stereocenters. The summed E-state index contributed by atoms with van der Waals surface area (Å²) in [4.78, 5) is 18.7. The van der Waals surface area contributed by atoms with Gasteiger partial charge >= 0.3 is 0 Å². The lowest BCUT2D eigenvalue weighted by molar-refractivity contribution is 1.28. The van der Waals surface area contributed by atoms with E-state index in [-0.39, 0.29) is 0 Å². The summed E-state index contributed by atoms with van der Waals surface area (Å²) in [5.74, 6) is 0. The molecule has 226 valence electrons. The summed E-state index contributed by atoms with van der Waals surface area (Å²) in [6, 6.07) is 43.4. The number of hydrogen-bond donors (Lipinski definition) is 0. The van der Waals surface area contributed by atoms with E-state index in [0.717, 1.165) is 45.0 Å². The molecule has 4 aromatic heterocycles. The quantitative estimate of drug-likeness (QED) is 0.168. The molecule has 0 fully saturated rings. The number of nitrogens with zero attached hydrogens (tertiary/aromatic N) is 4. The minimum atomic E-state index is 0.871. The largest absolute Gasteiger partial charge is 0.254 e. The zero-order valence-electron chi connectivity index (χ0n) is 25.6. The summed E-state index contributed by atoms with van der Waals surface area (Å²) in [5, 5.41) is 8.74. The molecular weight excluding hydrogens is 625 g/mol. The normalized spacial score (nSPS) is 11.3. The standard InChI is InChI=1S/C42H26N4S2/c1-2-6-27(7-3-1)28-10-12-29(13-11-28)30-14-17-35-36(20-30)42(32-16-19-38(44-22-32)40-24-48-26-46-40)34-9-5-4-8-33(34)41(35)31-15-18-37(43-21-31)39-23-47-25-45-39/h1-26H. The van der Waals surface area contributed by atoms with Crippen LogP contribution >= 0.6 is 22.7 Å². The third-order valence-electron chi connectivity index (χ3n) is 8.84. The van der Waals surface area contributed by atoms with Crippen molar-refractivity contribution in [1.82, 2.24) is 19.9 Å². The van der Waals surface area contributed by atoms with Crippen LogP contribution in [0.3, 0.4) is 0 Å². The van der Waals surface area contributed by atoms with Gasteiger partial charge in [-0.25, -0.2) is 9.97 Å². The number of fused-ring (bicyclic) bond motifs is 2. The number of rotatable bonds is 6. The van der Waals surface area contributed by atoms with Crippen LogP contribution in [-0.2, 0) is 0 Å². The average molecular weight is 651 g/mol. The highest BCUT2D eigenvalue weighted by Gasteiger charge is 2.18. The van der Waals surface area contributed by atoms with Gasteiger partial charge in [-0.3, -0.25) is 9.97 Å². The molecule has 0 radical (unpaired) electrons. The summed E-state index contributed by atoms with van der Waals surface area (Å²) in [7, 11) is 0. The number of hydrogen-bond acceptors (Lipinski definition) is 6. The van der Waals surface area contributed by atoms with Gasteiger partial charge in [0, 0.05) is 34.3 Å². The van der Waals surface area contributed by atoms with Gasteiger partial charge in [-0.05, 0) is 73.1 Å². The average Bonchev–Trinajstić information content (AvgIpc) is 3.91. The van der Waals surface area contributed by atoms with E-state index in [4.69, 9.17) is 9.97 Å². The highest BCUT2D eigenvalue weighted by molar-refractivity contribution is 7.08. The van der Waals surface area contributed by atoms with Crippen LogP contribution in [-0.4, -0.2) is 19.9 Å². The van der Waals surface area contributed by atoms with E-state index in [1.807, 2.05) is 34.2 Å². The Labute approximate surface area is 285 Å². The Hall–Kier alpha value is -5.82. The second kappa shape index (κ2) is 12.1. The summed E-state index contributed by atoms with van der Waals surface area (Å²) in [5.41, 5.74) is 16.4. The fourth-order valence-electron chi connectivity index (χ4n) is 6.53. The fourth-order valence-corrected chi connectivity index (χ4v) is 7.62. The molecule has 0 aliphatic rings. The summed E-state index contributed by atoms with van der Waals surface area (Å²) in [6.45, 7) is 0. The van der Waals surface area contributed by atoms with Crippen molar-refractivity contribution in [3.05, 3.63) is 156 Å². The third-order valence-corrected chi connectivity index (χ3v) is 10.0. The van der Waals surface area contributed by atoms with Crippen molar-refractivity contribution in [3.63, 3.8) is 0 Å². The van der Waals surface area contributed by atoms with Gasteiger partial charge in [-0.2, -0.15) is 0 Å². The first-order valence-corrected chi connectivity index (χ1v) is 17.5. The molecule has 0 saturated carbocycles. The van der Waals surface area contributed by atoms with Crippen LogP contribution in [0.1, 0.15) is 0 Å². The summed E-state index contributed by atoms with van der Waals surface area (Å²) < 4.78 is 0. The molecule has 0 unspecified atom stereocenters. The fraction of sp³-hybridized carbons (Fsp3) is 0. The highest BCUT2D eigenvalue weighted by atomic mass is 32.1. The van der Waals surface area contributed by atoms with Gasteiger partial charge in [0.2, 0.25) is 0 Å². The molecule has 0 N–H and O–H groups in total. The van der Waals surface area contributed by atoms with Crippen LogP contribution in [0.15, 0.2) is 156 Å². The molecule has 0 amide bonds. The number of thiazole rings is 2. The van der Waals surface area contributed by atoms with E-state index in [9.17, 15) is 0 Å². The van der Waals surface area contributed by atoms with Crippen molar-refractivity contribution in [2.45, 2.75) is 0 Å². The van der Waals surface area contributed by atoms with Gasteiger partial charge in [0.15, 0.2) is 0 Å². The lowest BCUT2D eigenvalue weighted by atomic mass is 9.85. The first-order valence-electron chi connectivity index (χ1n) is 15.6. The zero-order chi connectivity index (χ0) is 31.9. The minimum Gasteiger partial charge on any atom is -0.254 e. The van der Waals surface area contributed by atoms with Crippen molar-refractivity contribution < 1.29 is 0 Å². The first kappa shape index (κ1) is 28.4. The van der Waals surface area contributed by atoms with E-state index in [1.165, 1.54) is 43.8 Å². The van der Waals surface area contributed by atoms with Crippen molar-refractivity contribution in [2.75, 3.05) is 0 Å². The molecule has 0 aliphatic heterocycles. The summed E-state index contributed by atoms with van der Waals surface area (Å²) >= 11 is 3.16.